The summed E-state index contributed by atoms with van der Waals surface area (Å²) in [5.41, 5.74) is 3.46. The third kappa shape index (κ3) is 4.68. The number of aromatic nitrogens is 2. The van der Waals surface area contributed by atoms with Crippen LogP contribution in [0.4, 0.5) is 17.3 Å². The van der Waals surface area contributed by atoms with E-state index in [1.54, 1.807) is 30.7 Å². The van der Waals surface area contributed by atoms with Crippen LogP contribution in [0.5, 0.6) is 0 Å². The van der Waals surface area contributed by atoms with Crippen LogP contribution in [0.2, 0.25) is 0 Å². The van der Waals surface area contributed by atoms with Crippen molar-refractivity contribution in [2.45, 2.75) is 27.3 Å². The van der Waals surface area contributed by atoms with Crippen LogP contribution < -0.4 is 15.5 Å². The van der Waals surface area contributed by atoms with E-state index in [0.717, 1.165) is 24.3 Å². The molecule has 0 fully saturated rings. The first kappa shape index (κ1) is 19.4. The number of benzene rings is 1. The van der Waals surface area contributed by atoms with Crippen LogP contribution >= 0.6 is 0 Å². The highest BCUT2D eigenvalue weighted by molar-refractivity contribution is 5.92. The number of furan rings is 1. The van der Waals surface area contributed by atoms with Crippen LogP contribution in [-0.4, -0.2) is 29.0 Å². The molecule has 0 radical (unpaired) electrons. The van der Waals surface area contributed by atoms with Gasteiger partial charge in [-0.2, -0.15) is 0 Å². The van der Waals surface area contributed by atoms with Crippen LogP contribution in [0, 0.1) is 6.92 Å². The smallest absolute Gasteiger partial charge is 0.270 e. The Morgan fingerprint density at radius 1 is 1.18 bits per heavy atom. The monoisotopic (exact) mass is 379 g/mol. The van der Waals surface area contributed by atoms with Gasteiger partial charge in [0.15, 0.2) is 0 Å². The maximum atomic E-state index is 12.3. The van der Waals surface area contributed by atoms with E-state index >= 15 is 0 Å². The van der Waals surface area contributed by atoms with Crippen molar-refractivity contribution in [3.8, 4) is 0 Å². The topological polar surface area (TPSA) is 83.3 Å². The SMILES string of the molecule is CCN(CC)c1ccc(Nc2nccc(C(=O)NCc3ccco3)n2)c(C)c1. The minimum atomic E-state index is -0.282. The molecule has 0 aliphatic rings. The van der Waals surface area contributed by atoms with E-state index in [4.69, 9.17) is 4.42 Å². The van der Waals surface area contributed by atoms with Gasteiger partial charge in [0.2, 0.25) is 5.95 Å². The molecule has 0 aliphatic carbocycles. The lowest BCUT2D eigenvalue weighted by molar-refractivity contribution is 0.0943. The van der Waals surface area contributed by atoms with Crippen molar-refractivity contribution in [2.24, 2.45) is 0 Å². The molecule has 3 rings (SSSR count). The summed E-state index contributed by atoms with van der Waals surface area (Å²) < 4.78 is 5.21. The fourth-order valence-electron chi connectivity index (χ4n) is 2.91. The molecule has 3 aromatic rings. The summed E-state index contributed by atoms with van der Waals surface area (Å²) in [5, 5.41) is 5.98. The number of hydrogen-bond donors (Lipinski definition) is 2. The van der Waals surface area contributed by atoms with E-state index in [2.05, 4.69) is 51.5 Å². The Labute approximate surface area is 164 Å². The van der Waals surface area contributed by atoms with Crippen molar-refractivity contribution in [1.29, 1.82) is 0 Å². The Kier molecular flexibility index (Phi) is 6.26. The average Bonchev–Trinajstić information content (AvgIpc) is 3.23. The molecule has 2 heterocycles. The minimum Gasteiger partial charge on any atom is -0.467 e. The summed E-state index contributed by atoms with van der Waals surface area (Å²) in [6.07, 6.45) is 3.14. The number of nitrogens with one attached hydrogen (secondary N) is 2. The van der Waals surface area contributed by atoms with Crippen molar-refractivity contribution in [2.75, 3.05) is 23.3 Å². The maximum absolute atomic E-state index is 12.3. The van der Waals surface area contributed by atoms with Gasteiger partial charge in [0.05, 0.1) is 12.8 Å². The number of carbonyl (C=O) groups is 1. The molecular formula is C21H25N5O2. The first-order chi connectivity index (χ1) is 13.6. The normalized spacial score (nSPS) is 10.5. The summed E-state index contributed by atoms with van der Waals surface area (Å²) in [5.74, 6) is 0.782. The maximum Gasteiger partial charge on any atom is 0.270 e. The van der Waals surface area contributed by atoms with Crippen LogP contribution in [0.1, 0.15) is 35.7 Å². The third-order valence-electron chi connectivity index (χ3n) is 4.48. The number of hydrogen-bond acceptors (Lipinski definition) is 6. The quantitative estimate of drug-likeness (QED) is 0.618. The average molecular weight is 379 g/mol. The number of carbonyl (C=O) groups excluding carboxylic acids is 1. The molecule has 2 aromatic heterocycles. The highest BCUT2D eigenvalue weighted by Gasteiger charge is 2.11. The van der Waals surface area contributed by atoms with Gasteiger partial charge < -0.3 is 20.0 Å². The first-order valence-electron chi connectivity index (χ1n) is 9.37. The molecule has 2 N–H and O–H groups in total. The van der Waals surface area contributed by atoms with E-state index < -0.39 is 0 Å². The molecule has 0 saturated heterocycles. The number of nitrogens with zero attached hydrogens (tertiary/aromatic N) is 3. The number of anilines is 3. The fraction of sp³-hybridized carbons (Fsp3) is 0.286. The van der Waals surface area contributed by atoms with Crippen LogP contribution in [0.15, 0.2) is 53.3 Å². The van der Waals surface area contributed by atoms with E-state index in [-0.39, 0.29) is 5.91 Å². The predicted octanol–water partition coefficient (Wildman–Crippen LogP) is 3.90. The van der Waals surface area contributed by atoms with Gasteiger partial charge in [-0.3, -0.25) is 4.79 Å². The molecule has 0 unspecified atom stereocenters. The number of amides is 1. The third-order valence-corrected chi connectivity index (χ3v) is 4.48. The zero-order valence-electron chi connectivity index (χ0n) is 16.4. The van der Waals surface area contributed by atoms with Crippen molar-refractivity contribution in [3.05, 3.63) is 65.9 Å². The Balaban J connectivity index is 1.69. The van der Waals surface area contributed by atoms with E-state index in [0.29, 0.717) is 23.9 Å². The van der Waals surface area contributed by atoms with Gasteiger partial charge in [0.25, 0.3) is 5.91 Å². The molecule has 1 amide bonds. The molecule has 0 aliphatic heterocycles. The molecule has 7 nitrogen and oxygen atoms in total. The van der Waals surface area contributed by atoms with Gasteiger partial charge in [-0.05, 0) is 62.7 Å². The molecule has 0 bridgehead atoms. The second-order valence-corrected chi connectivity index (χ2v) is 6.32. The van der Waals surface area contributed by atoms with Gasteiger partial charge in [-0.15, -0.1) is 0 Å². The molecule has 1 aromatic carbocycles. The molecular weight excluding hydrogens is 354 g/mol. The Bertz CT molecular complexity index is 920. The lowest BCUT2D eigenvalue weighted by atomic mass is 10.1. The Hall–Kier alpha value is -3.35. The van der Waals surface area contributed by atoms with E-state index in [1.165, 1.54) is 5.69 Å². The largest absolute Gasteiger partial charge is 0.467 e. The zero-order chi connectivity index (χ0) is 19.9. The summed E-state index contributed by atoms with van der Waals surface area (Å²) in [6.45, 7) is 8.55. The minimum absolute atomic E-state index is 0.282. The van der Waals surface area contributed by atoms with Crippen molar-refractivity contribution in [3.63, 3.8) is 0 Å². The molecule has 0 saturated carbocycles. The van der Waals surface area contributed by atoms with Gasteiger partial charge in [0, 0.05) is 30.7 Å². The van der Waals surface area contributed by atoms with Crippen LogP contribution in [0.25, 0.3) is 0 Å². The van der Waals surface area contributed by atoms with Crippen LogP contribution in [0.3, 0.4) is 0 Å². The summed E-state index contributed by atoms with van der Waals surface area (Å²) in [6, 6.07) is 11.4. The molecule has 7 heteroatoms. The summed E-state index contributed by atoms with van der Waals surface area (Å²) >= 11 is 0. The number of rotatable bonds is 8. The molecule has 28 heavy (non-hydrogen) atoms. The van der Waals surface area contributed by atoms with Crippen molar-refractivity contribution >= 4 is 23.2 Å². The zero-order valence-corrected chi connectivity index (χ0v) is 16.4. The second kappa shape index (κ2) is 9.03. The lowest BCUT2D eigenvalue weighted by Gasteiger charge is -2.22. The van der Waals surface area contributed by atoms with Gasteiger partial charge >= 0.3 is 0 Å². The summed E-state index contributed by atoms with van der Waals surface area (Å²) in [4.78, 5) is 23.2. The highest BCUT2D eigenvalue weighted by atomic mass is 16.3. The summed E-state index contributed by atoms with van der Waals surface area (Å²) in [7, 11) is 0. The molecule has 146 valence electrons. The highest BCUT2D eigenvalue weighted by Crippen LogP contribution is 2.24. The van der Waals surface area contributed by atoms with E-state index in [1.807, 2.05) is 13.0 Å². The van der Waals surface area contributed by atoms with Crippen LogP contribution in [-0.2, 0) is 6.54 Å². The van der Waals surface area contributed by atoms with Gasteiger partial charge in [0.1, 0.15) is 11.5 Å². The van der Waals surface area contributed by atoms with Gasteiger partial charge in [-0.25, -0.2) is 9.97 Å². The van der Waals surface area contributed by atoms with Crippen molar-refractivity contribution in [1.82, 2.24) is 15.3 Å². The Morgan fingerprint density at radius 3 is 2.68 bits per heavy atom. The van der Waals surface area contributed by atoms with Gasteiger partial charge in [-0.1, -0.05) is 0 Å². The second-order valence-electron chi connectivity index (χ2n) is 6.32. The lowest BCUT2D eigenvalue weighted by Crippen LogP contribution is -2.24. The van der Waals surface area contributed by atoms with Crippen molar-refractivity contribution < 1.29 is 9.21 Å². The molecule has 0 atom stereocenters. The first-order valence-corrected chi connectivity index (χ1v) is 9.37. The Morgan fingerprint density at radius 2 is 2.00 bits per heavy atom. The van der Waals surface area contributed by atoms with E-state index in [9.17, 15) is 4.79 Å². The molecule has 0 spiro atoms. The standard InChI is InChI=1S/C21H25N5O2/c1-4-26(5-2)16-8-9-18(15(3)13-16)24-21-22-11-10-19(25-21)20(27)23-14-17-7-6-12-28-17/h6-13H,4-5,14H2,1-3H3,(H,23,27)(H,22,24,25). The fourth-order valence-corrected chi connectivity index (χ4v) is 2.91. The predicted molar refractivity (Wildman–Crippen MR) is 110 cm³/mol. The number of aryl methyl sites for hydroxylation is 1.